The third-order valence-corrected chi connectivity index (χ3v) is 6.55. The molecule has 1 aromatic carbocycles. The van der Waals surface area contributed by atoms with E-state index in [-0.39, 0.29) is 24.0 Å². The van der Waals surface area contributed by atoms with Crippen LogP contribution in [0, 0.1) is 12.8 Å². The fourth-order valence-corrected chi connectivity index (χ4v) is 4.54. The number of thiazole rings is 1. The average molecular weight is 562 g/mol. The lowest BCUT2D eigenvalue weighted by molar-refractivity contribution is 0.180. The molecule has 1 aliphatic rings. The van der Waals surface area contributed by atoms with Crippen LogP contribution in [-0.2, 0) is 13.0 Å². The highest BCUT2D eigenvalue weighted by molar-refractivity contribution is 14.0. The Kier molecular flexibility index (Phi) is 11.4. The van der Waals surface area contributed by atoms with E-state index in [4.69, 9.17) is 16.6 Å². The van der Waals surface area contributed by atoms with Gasteiger partial charge in [-0.15, -0.1) is 35.3 Å². The first kappa shape index (κ1) is 25.4. The summed E-state index contributed by atoms with van der Waals surface area (Å²) in [5.41, 5.74) is 1.22. The van der Waals surface area contributed by atoms with Crippen LogP contribution in [0.5, 0.6) is 0 Å². The molecule has 1 fully saturated rings. The van der Waals surface area contributed by atoms with E-state index in [1.54, 1.807) is 11.3 Å². The van der Waals surface area contributed by atoms with Gasteiger partial charge >= 0.3 is 0 Å². The molecule has 0 amide bonds. The summed E-state index contributed by atoms with van der Waals surface area (Å²) in [5.74, 6) is 1.56. The van der Waals surface area contributed by atoms with Crippen molar-refractivity contribution >= 4 is 52.9 Å². The van der Waals surface area contributed by atoms with E-state index in [0.29, 0.717) is 5.92 Å². The first-order chi connectivity index (χ1) is 14.1. The number of guanidine groups is 1. The number of hydrogen-bond acceptors (Lipinski definition) is 4. The van der Waals surface area contributed by atoms with Crippen LogP contribution in [0.15, 0.2) is 35.5 Å². The van der Waals surface area contributed by atoms with Crippen molar-refractivity contribution < 1.29 is 0 Å². The lowest BCUT2D eigenvalue weighted by Gasteiger charge is -2.31. The summed E-state index contributed by atoms with van der Waals surface area (Å²) < 4.78 is 0. The summed E-state index contributed by atoms with van der Waals surface area (Å²) in [5, 5.41) is 8.85. The van der Waals surface area contributed by atoms with Gasteiger partial charge in [0, 0.05) is 48.7 Å². The van der Waals surface area contributed by atoms with Crippen LogP contribution in [0.25, 0.3) is 0 Å². The molecule has 0 saturated carbocycles. The van der Waals surface area contributed by atoms with Crippen molar-refractivity contribution in [3.8, 4) is 0 Å². The third kappa shape index (κ3) is 8.32. The van der Waals surface area contributed by atoms with Gasteiger partial charge in [-0.2, -0.15) is 0 Å². The minimum atomic E-state index is 0. The van der Waals surface area contributed by atoms with Crippen LogP contribution in [0.3, 0.4) is 0 Å². The number of aryl methyl sites for hydroxylation is 1. The first-order valence-corrected chi connectivity index (χ1v) is 11.7. The van der Waals surface area contributed by atoms with Crippen molar-refractivity contribution in [2.24, 2.45) is 10.9 Å². The van der Waals surface area contributed by atoms with Gasteiger partial charge < -0.3 is 10.6 Å². The molecule has 2 heterocycles. The van der Waals surface area contributed by atoms with Crippen molar-refractivity contribution in [3.05, 3.63) is 50.9 Å². The van der Waals surface area contributed by atoms with E-state index < -0.39 is 0 Å². The molecule has 8 heteroatoms. The van der Waals surface area contributed by atoms with Crippen LogP contribution in [0.1, 0.15) is 35.2 Å². The summed E-state index contributed by atoms with van der Waals surface area (Å²) in [6, 6.07) is 8.15. The maximum Gasteiger partial charge on any atom is 0.191 e. The van der Waals surface area contributed by atoms with Crippen LogP contribution in [-0.4, -0.2) is 48.6 Å². The van der Waals surface area contributed by atoms with Gasteiger partial charge in [-0.1, -0.05) is 29.8 Å². The topological polar surface area (TPSA) is 52.6 Å². The maximum absolute atomic E-state index is 6.31. The Morgan fingerprint density at radius 2 is 2.03 bits per heavy atom. The number of aliphatic imine (C=N–C) groups is 1. The molecule has 0 spiro atoms. The molecule has 30 heavy (non-hydrogen) atoms. The minimum absolute atomic E-state index is 0. The smallest absolute Gasteiger partial charge is 0.191 e. The number of halogens is 2. The lowest BCUT2D eigenvalue weighted by atomic mass is 9.96. The van der Waals surface area contributed by atoms with Crippen molar-refractivity contribution in [3.63, 3.8) is 0 Å². The number of nitrogens with zero attached hydrogens (tertiary/aromatic N) is 3. The second kappa shape index (κ2) is 13.5. The number of piperidine rings is 1. The van der Waals surface area contributed by atoms with Crippen molar-refractivity contribution in [1.82, 2.24) is 20.5 Å². The standard InChI is InChI=1S/C22H32ClN5S.HI/c1-3-24-22(25-11-8-21-26-14-17(2)29-21)27-15-18-9-12-28(13-10-18)16-19-6-4-5-7-20(19)23;/h4-7,14,18H,3,8-13,15-16H2,1-2H3,(H2,24,25,27);1H. The Morgan fingerprint density at radius 1 is 1.27 bits per heavy atom. The van der Waals surface area contributed by atoms with Gasteiger partial charge in [0.2, 0.25) is 0 Å². The Hall–Kier alpha value is -0.900. The van der Waals surface area contributed by atoms with Gasteiger partial charge in [-0.05, 0) is 57.3 Å². The molecule has 3 rings (SSSR count). The average Bonchev–Trinajstić information content (AvgIpc) is 3.14. The van der Waals surface area contributed by atoms with Crippen molar-refractivity contribution in [2.75, 3.05) is 32.7 Å². The van der Waals surface area contributed by atoms with Crippen molar-refractivity contribution in [2.45, 2.75) is 39.7 Å². The Morgan fingerprint density at radius 3 is 2.70 bits per heavy atom. The van der Waals surface area contributed by atoms with E-state index in [1.165, 1.54) is 28.3 Å². The monoisotopic (exact) mass is 561 g/mol. The first-order valence-electron chi connectivity index (χ1n) is 10.5. The highest BCUT2D eigenvalue weighted by atomic mass is 127. The third-order valence-electron chi connectivity index (χ3n) is 5.21. The van der Waals surface area contributed by atoms with Gasteiger partial charge in [0.25, 0.3) is 0 Å². The van der Waals surface area contributed by atoms with Gasteiger partial charge in [-0.25, -0.2) is 4.98 Å². The van der Waals surface area contributed by atoms with Crippen LogP contribution in [0.2, 0.25) is 5.02 Å². The number of nitrogens with one attached hydrogen (secondary N) is 2. The normalized spacial score (nSPS) is 15.6. The summed E-state index contributed by atoms with van der Waals surface area (Å²) in [4.78, 5) is 13.0. The zero-order valence-corrected chi connectivity index (χ0v) is 21.8. The Balaban J connectivity index is 0.00000320. The molecule has 166 valence electrons. The molecule has 0 atom stereocenters. The summed E-state index contributed by atoms with van der Waals surface area (Å²) in [6.07, 6.45) is 5.25. The molecule has 5 nitrogen and oxygen atoms in total. The lowest BCUT2D eigenvalue weighted by Crippen LogP contribution is -2.39. The van der Waals surface area contributed by atoms with Crippen molar-refractivity contribution in [1.29, 1.82) is 0 Å². The number of rotatable bonds is 8. The van der Waals surface area contributed by atoms with Gasteiger partial charge in [0.15, 0.2) is 5.96 Å². The molecule has 2 aromatic rings. The quantitative estimate of drug-likeness (QED) is 0.278. The fourth-order valence-electron chi connectivity index (χ4n) is 3.56. The zero-order valence-electron chi connectivity index (χ0n) is 17.9. The molecular formula is C22H33ClIN5S. The molecule has 1 saturated heterocycles. The van der Waals surface area contributed by atoms with E-state index in [0.717, 1.165) is 56.7 Å². The van der Waals surface area contributed by atoms with Gasteiger partial charge in [-0.3, -0.25) is 9.89 Å². The molecule has 0 bridgehead atoms. The summed E-state index contributed by atoms with van der Waals surface area (Å²) in [7, 11) is 0. The number of aromatic nitrogens is 1. The highest BCUT2D eigenvalue weighted by Gasteiger charge is 2.19. The molecular weight excluding hydrogens is 529 g/mol. The summed E-state index contributed by atoms with van der Waals surface area (Å²) in [6.45, 7) is 9.97. The largest absolute Gasteiger partial charge is 0.357 e. The SMILES string of the molecule is CCNC(=NCC1CCN(Cc2ccccc2Cl)CC1)NCCc1ncc(C)s1.I. The number of benzene rings is 1. The molecule has 0 aliphatic carbocycles. The zero-order chi connectivity index (χ0) is 20.5. The Bertz CT molecular complexity index is 789. The van der Waals surface area contributed by atoms with Crippen LogP contribution in [0.4, 0.5) is 0 Å². The minimum Gasteiger partial charge on any atom is -0.357 e. The van der Waals surface area contributed by atoms with E-state index in [9.17, 15) is 0 Å². The number of likely N-dealkylation sites (tertiary alicyclic amines) is 1. The van der Waals surface area contributed by atoms with E-state index in [1.807, 2.05) is 18.3 Å². The van der Waals surface area contributed by atoms with Gasteiger partial charge in [0.1, 0.15) is 0 Å². The van der Waals surface area contributed by atoms with Crippen LogP contribution >= 0.6 is 46.9 Å². The predicted molar refractivity (Wildman–Crippen MR) is 139 cm³/mol. The van der Waals surface area contributed by atoms with Gasteiger partial charge in [0.05, 0.1) is 5.01 Å². The predicted octanol–water partition coefficient (Wildman–Crippen LogP) is 4.73. The Labute approximate surface area is 206 Å². The van der Waals surface area contributed by atoms with E-state index in [2.05, 4.69) is 46.5 Å². The molecule has 0 unspecified atom stereocenters. The second-order valence-electron chi connectivity index (χ2n) is 7.57. The summed E-state index contributed by atoms with van der Waals surface area (Å²) >= 11 is 8.07. The molecule has 1 aliphatic heterocycles. The molecule has 2 N–H and O–H groups in total. The molecule has 1 aromatic heterocycles. The maximum atomic E-state index is 6.31. The van der Waals surface area contributed by atoms with E-state index >= 15 is 0 Å². The number of hydrogen-bond donors (Lipinski definition) is 2. The van der Waals surface area contributed by atoms with Crippen LogP contribution < -0.4 is 10.6 Å². The fraction of sp³-hybridized carbons (Fsp3) is 0.545. The molecule has 0 radical (unpaired) electrons. The second-order valence-corrected chi connectivity index (χ2v) is 9.30. The highest BCUT2D eigenvalue weighted by Crippen LogP contribution is 2.22.